The minimum atomic E-state index is -0.728. The number of ether oxygens (including phenoxy) is 3. The van der Waals surface area contributed by atoms with Crippen molar-refractivity contribution >= 4 is 39.0 Å². The molecule has 5 rings (SSSR count). The number of benzene rings is 3. The van der Waals surface area contributed by atoms with Gasteiger partial charge in [-0.2, -0.15) is 0 Å². The zero-order chi connectivity index (χ0) is 28.6. The highest BCUT2D eigenvalue weighted by molar-refractivity contribution is 9.10. The number of Topliss-reactive ketones (excluding diaryl/α,β-unsaturated/α-hetero) is 1. The summed E-state index contributed by atoms with van der Waals surface area (Å²) >= 11 is 3.55. The van der Waals surface area contributed by atoms with Gasteiger partial charge in [0.1, 0.15) is 11.6 Å². The van der Waals surface area contributed by atoms with Gasteiger partial charge < -0.3 is 19.3 Å². The lowest BCUT2D eigenvalue weighted by Crippen LogP contribution is -2.42. The summed E-state index contributed by atoms with van der Waals surface area (Å²) in [5, 5.41) is 21.4. The minimum absolute atomic E-state index is 0.0123. The molecule has 0 fully saturated rings. The Bertz CT molecular complexity index is 1530. The van der Waals surface area contributed by atoms with Gasteiger partial charge in [-0.3, -0.25) is 15.1 Å². The molecule has 0 saturated heterocycles. The van der Waals surface area contributed by atoms with Gasteiger partial charge >= 0.3 is 0 Å². The van der Waals surface area contributed by atoms with E-state index in [2.05, 4.69) is 15.9 Å². The number of aliphatic hydroxyl groups is 1. The van der Waals surface area contributed by atoms with Crippen LogP contribution < -0.4 is 19.1 Å². The Kier molecular flexibility index (Phi) is 7.72. The Hall–Kier alpha value is -4.04. The standard InChI is InChI=1S/C32H31BrN2O5/c1-18-11-13-19(14-12-18)30(37)29-27(20-15-25(38-2)31(40-4)26(16-20)39-3)28-23(9-6-10-24(28)36)35(32(29)34)22-8-5-7-21(33)17-22/h5,7-8,11-17,27,34,37H,6,9-10H2,1-4H3/b30-29+,34-32?. The summed E-state index contributed by atoms with van der Waals surface area (Å²) in [6, 6.07) is 18.7. The molecule has 0 aromatic heterocycles. The number of rotatable bonds is 6. The van der Waals surface area contributed by atoms with Crippen molar-refractivity contribution in [2.75, 3.05) is 26.2 Å². The van der Waals surface area contributed by atoms with Crippen LogP contribution >= 0.6 is 15.9 Å². The molecule has 0 radical (unpaired) electrons. The van der Waals surface area contributed by atoms with Gasteiger partial charge in [0.15, 0.2) is 17.3 Å². The summed E-state index contributed by atoms with van der Waals surface area (Å²) in [5.74, 6) is 0.579. The van der Waals surface area contributed by atoms with Crippen LogP contribution in [0.4, 0.5) is 5.69 Å². The van der Waals surface area contributed by atoms with Crippen molar-refractivity contribution in [1.82, 2.24) is 0 Å². The third kappa shape index (κ3) is 4.77. The summed E-state index contributed by atoms with van der Waals surface area (Å²) in [6.45, 7) is 1.97. The molecule has 2 aliphatic rings. The molecule has 1 aliphatic carbocycles. The lowest BCUT2D eigenvalue weighted by molar-refractivity contribution is -0.116. The van der Waals surface area contributed by atoms with E-state index in [-0.39, 0.29) is 17.4 Å². The molecule has 1 unspecified atom stereocenters. The summed E-state index contributed by atoms with van der Waals surface area (Å²) in [6.07, 6.45) is 1.69. The Morgan fingerprint density at radius 1 is 0.975 bits per heavy atom. The topological polar surface area (TPSA) is 92.1 Å². The van der Waals surface area contributed by atoms with Crippen LogP contribution in [0.15, 0.2) is 82.0 Å². The normalized spacial score (nSPS) is 18.4. The third-order valence-electron chi connectivity index (χ3n) is 7.42. The molecule has 206 valence electrons. The molecule has 8 heteroatoms. The van der Waals surface area contributed by atoms with Gasteiger partial charge in [-0.25, -0.2) is 0 Å². The third-order valence-corrected chi connectivity index (χ3v) is 7.91. The number of methoxy groups -OCH3 is 3. The number of anilines is 1. The van der Waals surface area contributed by atoms with E-state index < -0.39 is 5.92 Å². The van der Waals surface area contributed by atoms with Crippen molar-refractivity contribution in [1.29, 1.82) is 5.41 Å². The van der Waals surface area contributed by atoms with Crippen LogP contribution in [-0.2, 0) is 4.79 Å². The molecule has 3 aromatic carbocycles. The number of hydrogen-bond acceptors (Lipinski definition) is 6. The molecule has 0 amide bonds. The number of allylic oxidation sites excluding steroid dienone is 2. The van der Waals surface area contributed by atoms with Crippen molar-refractivity contribution in [3.8, 4) is 17.2 Å². The molecule has 2 N–H and O–H groups in total. The molecular weight excluding hydrogens is 572 g/mol. The maximum absolute atomic E-state index is 13.8. The first-order chi connectivity index (χ1) is 19.3. The van der Waals surface area contributed by atoms with Crippen LogP contribution in [0.2, 0.25) is 0 Å². The van der Waals surface area contributed by atoms with E-state index in [1.807, 2.05) is 55.5 Å². The van der Waals surface area contributed by atoms with E-state index in [0.29, 0.717) is 58.8 Å². The Labute approximate surface area is 242 Å². The molecule has 7 nitrogen and oxygen atoms in total. The number of aliphatic hydroxyl groups excluding tert-OH is 1. The molecule has 1 aliphatic heterocycles. The quantitative estimate of drug-likeness (QED) is 0.287. The van der Waals surface area contributed by atoms with E-state index in [9.17, 15) is 15.3 Å². The van der Waals surface area contributed by atoms with Crippen molar-refractivity contribution in [3.05, 3.63) is 98.7 Å². The average molecular weight is 604 g/mol. The smallest absolute Gasteiger partial charge is 0.203 e. The summed E-state index contributed by atoms with van der Waals surface area (Å²) in [5.41, 5.74) is 4.65. The molecular formula is C32H31BrN2O5. The van der Waals surface area contributed by atoms with Crippen LogP contribution in [0.3, 0.4) is 0 Å². The van der Waals surface area contributed by atoms with Crippen molar-refractivity contribution in [2.24, 2.45) is 0 Å². The molecule has 0 saturated carbocycles. The summed E-state index contributed by atoms with van der Waals surface area (Å²) in [7, 11) is 4.61. The Morgan fingerprint density at radius 3 is 2.25 bits per heavy atom. The highest BCUT2D eigenvalue weighted by Crippen LogP contribution is 2.50. The van der Waals surface area contributed by atoms with Gasteiger partial charge in [0.25, 0.3) is 0 Å². The fourth-order valence-corrected chi connectivity index (χ4v) is 5.95. The number of aryl methyl sites for hydroxylation is 1. The van der Waals surface area contributed by atoms with Crippen LogP contribution in [-0.4, -0.2) is 38.1 Å². The number of ketones is 1. The lowest BCUT2D eigenvalue weighted by atomic mass is 9.73. The molecule has 40 heavy (non-hydrogen) atoms. The largest absolute Gasteiger partial charge is 0.507 e. The van der Waals surface area contributed by atoms with Gasteiger partial charge in [0.2, 0.25) is 5.75 Å². The van der Waals surface area contributed by atoms with Crippen molar-refractivity contribution < 1.29 is 24.1 Å². The second-order valence-corrected chi connectivity index (χ2v) is 10.7. The number of carbonyl (C=O) groups excluding carboxylic acids is 1. The van der Waals surface area contributed by atoms with Crippen LogP contribution in [0, 0.1) is 12.3 Å². The molecule has 0 spiro atoms. The maximum Gasteiger partial charge on any atom is 0.203 e. The van der Waals surface area contributed by atoms with Gasteiger partial charge in [-0.1, -0.05) is 51.8 Å². The summed E-state index contributed by atoms with van der Waals surface area (Å²) in [4.78, 5) is 15.6. The SMILES string of the molecule is COc1cc(C2C3=C(CCCC3=O)N(c3cccc(Br)c3)C(=N)/C2=C(/O)c2ccc(C)cc2)cc(OC)c1OC. The molecule has 1 heterocycles. The molecule has 3 aromatic rings. The number of nitrogens with zero attached hydrogens (tertiary/aromatic N) is 1. The predicted octanol–water partition coefficient (Wildman–Crippen LogP) is 7.34. The lowest BCUT2D eigenvalue weighted by Gasteiger charge is -2.42. The molecule has 1 atom stereocenters. The van der Waals surface area contributed by atoms with E-state index in [1.165, 1.54) is 21.3 Å². The predicted molar refractivity (Wildman–Crippen MR) is 160 cm³/mol. The fourth-order valence-electron chi connectivity index (χ4n) is 5.56. The van der Waals surface area contributed by atoms with Crippen molar-refractivity contribution in [3.63, 3.8) is 0 Å². The first-order valence-corrected chi connectivity index (χ1v) is 13.8. The summed E-state index contributed by atoms with van der Waals surface area (Å²) < 4.78 is 17.7. The highest BCUT2D eigenvalue weighted by atomic mass is 79.9. The number of hydrogen-bond donors (Lipinski definition) is 2. The van der Waals surface area contributed by atoms with E-state index in [0.717, 1.165) is 21.4 Å². The zero-order valence-electron chi connectivity index (χ0n) is 22.9. The minimum Gasteiger partial charge on any atom is -0.507 e. The monoisotopic (exact) mass is 602 g/mol. The zero-order valence-corrected chi connectivity index (χ0v) is 24.5. The van der Waals surface area contributed by atoms with Crippen LogP contribution in [0.25, 0.3) is 5.76 Å². The van der Waals surface area contributed by atoms with E-state index in [1.54, 1.807) is 17.0 Å². The van der Waals surface area contributed by atoms with Gasteiger partial charge in [-0.15, -0.1) is 0 Å². The van der Waals surface area contributed by atoms with Gasteiger partial charge in [-0.05, 0) is 55.7 Å². The van der Waals surface area contributed by atoms with E-state index >= 15 is 0 Å². The fraction of sp³-hybridized carbons (Fsp3) is 0.250. The van der Waals surface area contributed by atoms with E-state index in [4.69, 9.17) is 14.2 Å². The van der Waals surface area contributed by atoms with Crippen LogP contribution in [0.5, 0.6) is 17.2 Å². The number of carbonyl (C=O) groups is 1. The first-order valence-electron chi connectivity index (χ1n) is 13.0. The van der Waals surface area contributed by atoms with Gasteiger partial charge in [0.05, 0.1) is 21.3 Å². The molecule has 0 bridgehead atoms. The second kappa shape index (κ2) is 11.2. The Morgan fingerprint density at radius 2 is 1.65 bits per heavy atom. The number of amidine groups is 1. The number of halogens is 1. The second-order valence-electron chi connectivity index (χ2n) is 9.82. The first kappa shape index (κ1) is 27.5. The average Bonchev–Trinajstić information content (AvgIpc) is 2.95. The Balaban J connectivity index is 1.87. The number of nitrogens with one attached hydrogen (secondary N) is 1. The van der Waals surface area contributed by atoms with Crippen LogP contribution in [0.1, 0.15) is 41.9 Å². The highest BCUT2D eigenvalue weighted by Gasteiger charge is 2.43. The van der Waals surface area contributed by atoms with Crippen molar-refractivity contribution in [2.45, 2.75) is 32.1 Å². The van der Waals surface area contributed by atoms with Gasteiger partial charge in [0, 0.05) is 44.9 Å². The maximum atomic E-state index is 13.8.